The average Bonchev–Trinajstić information content (AvgIpc) is 2.97. The molecular weight excluding hydrogens is 432 g/mol. The second kappa shape index (κ2) is 8.52. The van der Waals surface area contributed by atoms with E-state index in [1.807, 2.05) is 0 Å². The van der Waals surface area contributed by atoms with E-state index in [9.17, 15) is 0 Å². The maximum absolute atomic E-state index is 2.37. The number of hydrogen-bond acceptors (Lipinski definition) is 0. The third kappa shape index (κ3) is 3.39. The quantitative estimate of drug-likeness (QED) is 0.245. The Labute approximate surface area is 209 Å². The van der Waals surface area contributed by atoms with Crippen LogP contribution in [0.15, 0.2) is 146 Å². The molecule has 4 bridgehead atoms. The van der Waals surface area contributed by atoms with Crippen molar-refractivity contribution in [3.8, 4) is 22.3 Å². The Hall–Kier alpha value is -4.68. The second-order valence-corrected chi connectivity index (χ2v) is 9.34. The van der Waals surface area contributed by atoms with Crippen LogP contribution in [0.4, 0.5) is 0 Å². The molecule has 4 aliphatic rings. The smallest absolute Gasteiger partial charge is 0.00987 e. The topological polar surface area (TPSA) is 0 Å². The molecule has 6 aromatic carbocycles. The highest BCUT2D eigenvalue weighted by molar-refractivity contribution is 5.66. The van der Waals surface area contributed by atoms with Gasteiger partial charge in [-0.1, -0.05) is 133 Å². The third-order valence-electron chi connectivity index (χ3n) is 7.27. The summed E-state index contributed by atoms with van der Waals surface area (Å²) in [5.41, 5.74) is 4.98. The van der Waals surface area contributed by atoms with Gasteiger partial charge in [-0.2, -0.15) is 0 Å². The molecule has 0 spiro atoms. The molecule has 0 heterocycles. The fraction of sp³-hybridized carbons (Fsp3) is 0. The van der Waals surface area contributed by atoms with Crippen LogP contribution in [-0.2, 0) is 0 Å². The van der Waals surface area contributed by atoms with E-state index in [2.05, 4.69) is 146 Å². The minimum absolute atomic E-state index is 1.23. The van der Waals surface area contributed by atoms with Crippen molar-refractivity contribution in [2.45, 2.75) is 0 Å². The Bertz CT molecular complexity index is 1970. The lowest BCUT2D eigenvalue weighted by molar-refractivity contribution is 1.34. The Morgan fingerprint density at radius 2 is 0.611 bits per heavy atom. The van der Waals surface area contributed by atoms with Gasteiger partial charge in [-0.05, 0) is 76.1 Å². The van der Waals surface area contributed by atoms with Crippen molar-refractivity contribution < 1.29 is 0 Å². The molecule has 0 saturated carbocycles. The second-order valence-electron chi connectivity index (χ2n) is 9.34. The van der Waals surface area contributed by atoms with E-state index in [1.54, 1.807) is 0 Å². The van der Waals surface area contributed by atoms with Crippen LogP contribution in [0, 0.1) is 41.7 Å². The van der Waals surface area contributed by atoms with Crippen LogP contribution in [0.5, 0.6) is 0 Å². The molecule has 0 amide bonds. The summed E-state index contributed by atoms with van der Waals surface area (Å²) >= 11 is 0. The summed E-state index contributed by atoms with van der Waals surface area (Å²) in [5.74, 6) is 0. The summed E-state index contributed by atoms with van der Waals surface area (Å²) in [6.07, 6.45) is 0. The van der Waals surface area contributed by atoms with Crippen LogP contribution in [0.2, 0.25) is 0 Å². The van der Waals surface area contributed by atoms with Crippen LogP contribution in [0.1, 0.15) is 0 Å². The SMILES string of the molecule is c1ccc(-c2cc3ccc2=c2ccccc2=c2ccc(c(-c4ccccc4)c2)=c2ccccc2=3)cc1. The first-order chi connectivity index (χ1) is 17.9. The minimum Gasteiger partial charge on any atom is -0.0622 e. The van der Waals surface area contributed by atoms with Crippen molar-refractivity contribution in [3.05, 3.63) is 187 Å². The maximum atomic E-state index is 2.37. The lowest BCUT2D eigenvalue weighted by Gasteiger charge is -2.08. The van der Waals surface area contributed by atoms with Crippen molar-refractivity contribution in [3.63, 3.8) is 0 Å². The van der Waals surface area contributed by atoms with Crippen molar-refractivity contribution in [1.29, 1.82) is 0 Å². The first kappa shape index (κ1) is 20.7. The van der Waals surface area contributed by atoms with Crippen molar-refractivity contribution in [2.24, 2.45) is 0 Å². The minimum atomic E-state index is 1.23. The zero-order chi connectivity index (χ0) is 23.9. The van der Waals surface area contributed by atoms with Crippen LogP contribution >= 0.6 is 0 Å². The summed E-state index contributed by atoms with van der Waals surface area (Å²) in [4.78, 5) is 0. The van der Waals surface area contributed by atoms with Gasteiger partial charge < -0.3 is 0 Å². The van der Waals surface area contributed by atoms with Gasteiger partial charge in [0, 0.05) is 0 Å². The molecule has 0 saturated heterocycles. The van der Waals surface area contributed by atoms with E-state index in [1.165, 1.54) is 64.0 Å². The Balaban J connectivity index is 1.88. The third-order valence-corrected chi connectivity index (χ3v) is 7.27. The van der Waals surface area contributed by atoms with E-state index < -0.39 is 0 Å². The lowest BCUT2D eigenvalue weighted by atomic mass is 9.96. The molecule has 10 rings (SSSR count). The van der Waals surface area contributed by atoms with Gasteiger partial charge >= 0.3 is 0 Å². The molecule has 0 atom stereocenters. The zero-order valence-electron chi connectivity index (χ0n) is 19.9. The molecule has 0 fully saturated rings. The van der Waals surface area contributed by atoms with Gasteiger partial charge in [0.15, 0.2) is 0 Å². The zero-order valence-corrected chi connectivity index (χ0v) is 19.9. The number of hydrogen-bond donors (Lipinski definition) is 0. The normalized spacial score (nSPS) is 11.3. The predicted octanol–water partition coefficient (Wildman–Crippen LogP) is 8.48. The molecule has 168 valence electrons. The van der Waals surface area contributed by atoms with E-state index in [0.717, 1.165) is 0 Å². The molecule has 0 aromatic heterocycles. The molecule has 36 heavy (non-hydrogen) atoms. The molecule has 0 aliphatic heterocycles. The van der Waals surface area contributed by atoms with Gasteiger partial charge in [0.2, 0.25) is 0 Å². The summed E-state index contributed by atoms with van der Waals surface area (Å²) in [5, 5.41) is 9.98. The first-order valence-corrected chi connectivity index (χ1v) is 12.5. The number of rotatable bonds is 2. The standard InChI is InChI=1S/C36H24/c1-3-11-25(12-4-1)35-23-27-19-21-33(35)31-17-9-7-16-30(31)28-20-22-34(32-18-10-8-15-29(27)32)36(24-28)26-13-5-2-6-14-26/h1-24H. The van der Waals surface area contributed by atoms with Crippen molar-refractivity contribution in [1.82, 2.24) is 0 Å². The van der Waals surface area contributed by atoms with Gasteiger partial charge in [0.25, 0.3) is 0 Å². The van der Waals surface area contributed by atoms with E-state index in [4.69, 9.17) is 0 Å². The molecule has 0 nitrogen and oxygen atoms in total. The summed E-state index contributed by atoms with van der Waals surface area (Å²) < 4.78 is 0. The van der Waals surface area contributed by atoms with Gasteiger partial charge in [0.05, 0.1) is 0 Å². The van der Waals surface area contributed by atoms with Gasteiger partial charge in [-0.25, -0.2) is 0 Å². The highest BCUT2D eigenvalue weighted by atomic mass is 14.1. The largest absolute Gasteiger partial charge is 0.0622 e. The Kier molecular flexibility index (Phi) is 4.89. The van der Waals surface area contributed by atoms with E-state index in [-0.39, 0.29) is 0 Å². The molecule has 0 radical (unpaired) electrons. The van der Waals surface area contributed by atoms with E-state index >= 15 is 0 Å². The monoisotopic (exact) mass is 456 g/mol. The lowest BCUT2D eigenvalue weighted by Crippen LogP contribution is -1.90. The van der Waals surface area contributed by atoms with Crippen LogP contribution in [0.25, 0.3) is 22.3 Å². The highest BCUT2D eigenvalue weighted by Crippen LogP contribution is 2.25. The maximum Gasteiger partial charge on any atom is -0.00987 e. The van der Waals surface area contributed by atoms with Gasteiger partial charge in [-0.15, -0.1) is 0 Å². The summed E-state index contributed by atoms with van der Waals surface area (Å²) in [7, 11) is 0. The van der Waals surface area contributed by atoms with Crippen LogP contribution < -0.4 is 0 Å². The summed E-state index contributed by atoms with van der Waals surface area (Å²) in [6.45, 7) is 0. The predicted molar refractivity (Wildman–Crippen MR) is 147 cm³/mol. The van der Waals surface area contributed by atoms with Gasteiger partial charge in [0.1, 0.15) is 0 Å². The van der Waals surface area contributed by atoms with Gasteiger partial charge in [-0.3, -0.25) is 0 Å². The van der Waals surface area contributed by atoms with Crippen molar-refractivity contribution >= 4 is 0 Å². The van der Waals surface area contributed by atoms with E-state index in [0.29, 0.717) is 0 Å². The Morgan fingerprint density at radius 1 is 0.250 bits per heavy atom. The van der Waals surface area contributed by atoms with Crippen LogP contribution in [0.3, 0.4) is 0 Å². The van der Waals surface area contributed by atoms with Crippen molar-refractivity contribution in [2.75, 3.05) is 0 Å². The fourth-order valence-electron chi connectivity index (χ4n) is 5.55. The number of benzene rings is 6. The Morgan fingerprint density at radius 3 is 1.03 bits per heavy atom. The molecule has 0 heteroatoms. The molecular formula is C36H24. The molecule has 4 aliphatic carbocycles. The molecule has 0 unspecified atom stereocenters. The average molecular weight is 457 g/mol. The first-order valence-electron chi connectivity index (χ1n) is 12.5. The van der Waals surface area contributed by atoms with Crippen LogP contribution in [-0.4, -0.2) is 0 Å². The molecule has 0 N–H and O–H groups in total. The fourth-order valence-corrected chi connectivity index (χ4v) is 5.55. The summed E-state index contributed by atoms with van der Waals surface area (Å²) in [6, 6.07) is 53.0. The highest BCUT2D eigenvalue weighted by Gasteiger charge is 2.06. The molecule has 6 aromatic rings.